The molecule has 7 nitrogen and oxygen atoms in total. The maximum absolute atomic E-state index is 12.2. The number of rotatable bonds is 6. The monoisotopic (exact) mass is 399 g/mol. The van der Waals surface area contributed by atoms with Crippen molar-refractivity contribution >= 4 is 28.6 Å². The summed E-state index contributed by atoms with van der Waals surface area (Å²) in [6.45, 7) is -0.117. The van der Waals surface area contributed by atoms with Gasteiger partial charge in [0.15, 0.2) is 12.3 Å². The first-order chi connectivity index (χ1) is 13.2. The molecule has 0 aliphatic rings. The molecule has 0 aliphatic carbocycles. The zero-order valence-corrected chi connectivity index (χ0v) is 15.8. The fourth-order valence-electron chi connectivity index (χ4n) is 2.25. The van der Waals surface area contributed by atoms with Crippen LogP contribution in [-0.4, -0.2) is 28.2 Å². The van der Waals surface area contributed by atoms with Crippen LogP contribution in [0.2, 0.25) is 0 Å². The minimum absolute atomic E-state index is 0.117. The van der Waals surface area contributed by atoms with Gasteiger partial charge in [0.1, 0.15) is 10.8 Å². The Morgan fingerprint density at radius 1 is 1.15 bits per heavy atom. The third-order valence-corrected chi connectivity index (χ3v) is 5.47. The minimum Gasteiger partial charge on any atom is -0.497 e. The highest BCUT2D eigenvalue weighted by Gasteiger charge is 2.16. The van der Waals surface area contributed by atoms with Crippen LogP contribution in [0.4, 0.5) is 0 Å². The number of methoxy groups -OCH3 is 1. The number of hydrogen-bond donors (Lipinski definition) is 0. The van der Waals surface area contributed by atoms with Gasteiger partial charge in [0, 0.05) is 10.9 Å². The van der Waals surface area contributed by atoms with Crippen LogP contribution in [0, 0.1) is 0 Å². The predicted octanol–water partition coefficient (Wildman–Crippen LogP) is 4.29. The van der Waals surface area contributed by atoms with Gasteiger partial charge in [-0.15, -0.1) is 22.7 Å². The van der Waals surface area contributed by atoms with Crippen molar-refractivity contribution in [2.45, 2.75) is 6.61 Å². The molecule has 4 rings (SSSR count). The van der Waals surface area contributed by atoms with E-state index in [1.165, 1.54) is 11.3 Å². The van der Waals surface area contributed by atoms with Gasteiger partial charge in [-0.3, -0.25) is 0 Å². The van der Waals surface area contributed by atoms with Gasteiger partial charge >= 0.3 is 5.97 Å². The quantitative estimate of drug-likeness (QED) is 0.447. The van der Waals surface area contributed by atoms with E-state index in [-0.39, 0.29) is 18.2 Å². The number of nitrogens with zero attached hydrogens (tertiary/aromatic N) is 3. The lowest BCUT2D eigenvalue weighted by Gasteiger charge is -1.99. The molecule has 0 radical (unpaired) electrons. The smallest absolute Gasteiger partial charge is 0.358 e. The van der Waals surface area contributed by atoms with Gasteiger partial charge in [-0.25, -0.2) is 9.78 Å². The first-order valence-electron chi connectivity index (χ1n) is 7.86. The maximum Gasteiger partial charge on any atom is 0.358 e. The van der Waals surface area contributed by atoms with Gasteiger partial charge in [0.2, 0.25) is 5.82 Å². The van der Waals surface area contributed by atoms with E-state index in [0.29, 0.717) is 5.82 Å². The molecular weight excluding hydrogens is 386 g/mol. The number of hydrogen-bond acceptors (Lipinski definition) is 9. The summed E-state index contributed by atoms with van der Waals surface area (Å²) in [7, 11) is 1.60. The second-order valence-electron chi connectivity index (χ2n) is 5.33. The van der Waals surface area contributed by atoms with E-state index < -0.39 is 5.97 Å². The molecule has 1 aromatic carbocycles. The molecule has 136 valence electrons. The standard InChI is InChI=1S/C18H13N3O4S2/c1-23-12-6-4-11(5-7-12)16-20-15(25-21-16)9-24-18(22)13-10-27-17(19-13)14-3-2-8-26-14/h2-8,10H,9H2,1H3. The number of carbonyl (C=O) groups excluding carboxylic acids is 1. The SMILES string of the molecule is COc1ccc(-c2noc(COC(=O)c3csc(-c4cccs4)n3)n2)cc1. The normalized spacial score (nSPS) is 10.7. The van der Waals surface area contributed by atoms with Crippen molar-refractivity contribution in [1.82, 2.24) is 15.1 Å². The summed E-state index contributed by atoms with van der Waals surface area (Å²) >= 11 is 2.97. The van der Waals surface area contributed by atoms with Gasteiger partial charge in [-0.2, -0.15) is 4.98 Å². The number of thiophene rings is 1. The van der Waals surface area contributed by atoms with Crippen LogP contribution in [-0.2, 0) is 11.3 Å². The Morgan fingerprint density at radius 2 is 2.00 bits per heavy atom. The van der Waals surface area contributed by atoms with E-state index in [4.69, 9.17) is 14.0 Å². The van der Waals surface area contributed by atoms with E-state index in [0.717, 1.165) is 21.2 Å². The molecule has 3 aromatic heterocycles. The van der Waals surface area contributed by atoms with Crippen molar-refractivity contribution in [2.75, 3.05) is 7.11 Å². The summed E-state index contributed by atoms with van der Waals surface area (Å²) in [4.78, 5) is 21.7. The third-order valence-electron chi connectivity index (χ3n) is 3.59. The molecule has 0 fully saturated rings. The Bertz CT molecular complexity index is 1040. The van der Waals surface area contributed by atoms with Gasteiger partial charge < -0.3 is 14.0 Å². The van der Waals surface area contributed by atoms with Gasteiger partial charge in [-0.1, -0.05) is 11.2 Å². The molecule has 0 amide bonds. The molecule has 0 aliphatic heterocycles. The molecule has 0 saturated heterocycles. The van der Waals surface area contributed by atoms with E-state index in [1.807, 2.05) is 29.6 Å². The summed E-state index contributed by atoms with van der Waals surface area (Å²) in [6.07, 6.45) is 0. The van der Waals surface area contributed by atoms with Crippen molar-refractivity contribution in [3.8, 4) is 27.0 Å². The van der Waals surface area contributed by atoms with Crippen LogP contribution >= 0.6 is 22.7 Å². The predicted molar refractivity (Wildman–Crippen MR) is 101 cm³/mol. The Kier molecular flexibility index (Phi) is 4.95. The molecule has 0 saturated carbocycles. The lowest BCUT2D eigenvalue weighted by molar-refractivity contribution is 0.0424. The van der Waals surface area contributed by atoms with Crippen LogP contribution in [0.25, 0.3) is 21.3 Å². The van der Waals surface area contributed by atoms with Gasteiger partial charge in [-0.05, 0) is 35.7 Å². The van der Waals surface area contributed by atoms with Crippen LogP contribution in [0.15, 0.2) is 51.7 Å². The number of esters is 1. The molecule has 0 unspecified atom stereocenters. The van der Waals surface area contributed by atoms with Crippen LogP contribution in [0.5, 0.6) is 5.75 Å². The van der Waals surface area contributed by atoms with Crippen molar-refractivity contribution in [3.63, 3.8) is 0 Å². The zero-order valence-electron chi connectivity index (χ0n) is 14.1. The second kappa shape index (κ2) is 7.68. The largest absolute Gasteiger partial charge is 0.497 e. The first kappa shape index (κ1) is 17.4. The molecule has 0 atom stereocenters. The summed E-state index contributed by atoms with van der Waals surface area (Å²) < 4.78 is 15.5. The highest BCUT2D eigenvalue weighted by atomic mass is 32.1. The van der Waals surface area contributed by atoms with Crippen molar-refractivity contribution in [1.29, 1.82) is 0 Å². The summed E-state index contributed by atoms with van der Waals surface area (Å²) in [5.74, 6) is 0.833. The van der Waals surface area contributed by atoms with Gasteiger partial charge in [0.05, 0.1) is 12.0 Å². The molecule has 27 heavy (non-hydrogen) atoms. The van der Waals surface area contributed by atoms with Gasteiger partial charge in [0.25, 0.3) is 5.89 Å². The summed E-state index contributed by atoms with van der Waals surface area (Å²) in [6, 6.07) is 11.1. The zero-order chi connectivity index (χ0) is 18.6. The average Bonchev–Trinajstić information content (AvgIpc) is 3.47. The molecule has 4 aromatic rings. The van der Waals surface area contributed by atoms with Crippen LogP contribution < -0.4 is 4.74 Å². The molecule has 0 spiro atoms. The highest BCUT2D eigenvalue weighted by molar-refractivity contribution is 7.20. The average molecular weight is 399 g/mol. The van der Waals surface area contributed by atoms with Crippen molar-refractivity contribution < 1.29 is 18.8 Å². The Labute approximate surface area is 162 Å². The number of aromatic nitrogens is 3. The molecule has 0 bridgehead atoms. The first-order valence-corrected chi connectivity index (χ1v) is 9.62. The number of thiazole rings is 1. The third kappa shape index (κ3) is 3.88. The van der Waals surface area contributed by atoms with E-state index in [9.17, 15) is 4.79 Å². The van der Waals surface area contributed by atoms with Crippen molar-refractivity contribution in [2.24, 2.45) is 0 Å². The summed E-state index contributed by atoms with van der Waals surface area (Å²) in [5.41, 5.74) is 1.04. The lowest BCUT2D eigenvalue weighted by atomic mass is 10.2. The minimum atomic E-state index is -0.529. The highest BCUT2D eigenvalue weighted by Crippen LogP contribution is 2.28. The van der Waals surface area contributed by atoms with E-state index >= 15 is 0 Å². The van der Waals surface area contributed by atoms with E-state index in [1.54, 1.807) is 36.0 Å². The second-order valence-corrected chi connectivity index (χ2v) is 7.14. The number of carbonyl (C=O) groups is 1. The Balaban J connectivity index is 1.39. The molecule has 0 N–H and O–H groups in total. The van der Waals surface area contributed by atoms with E-state index in [2.05, 4.69) is 15.1 Å². The molecule has 9 heteroatoms. The molecule has 3 heterocycles. The summed E-state index contributed by atoms with van der Waals surface area (Å²) in [5, 5.41) is 8.33. The Hall–Kier alpha value is -3.04. The van der Waals surface area contributed by atoms with Crippen LogP contribution in [0.1, 0.15) is 16.4 Å². The number of benzene rings is 1. The maximum atomic E-state index is 12.2. The lowest BCUT2D eigenvalue weighted by Crippen LogP contribution is -2.05. The number of ether oxygens (including phenoxy) is 2. The fraction of sp³-hybridized carbons (Fsp3) is 0.111. The van der Waals surface area contributed by atoms with Crippen LogP contribution in [0.3, 0.4) is 0 Å². The van der Waals surface area contributed by atoms with Crippen molar-refractivity contribution in [3.05, 3.63) is 58.7 Å². The Morgan fingerprint density at radius 3 is 2.74 bits per heavy atom. The topological polar surface area (TPSA) is 87.3 Å². The molecular formula is C18H13N3O4S2. The fourth-order valence-corrected chi connectivity index (χ4v) is 3.86.